The van der Waals surface area contributed by atoms with E-state index in [9.17, 15) is 19.2 Å². The van der Waals surface area contributed by atoms with Gasteiger partial charge in [0, 0.05) is 48.2 Å². The fourth-order valence-electron chi connectivity index (χ4n) is 6.79. The quantitative estimate of drug-likeness (QED) is 0.191. The fraction of sp³-hybridized carbons (Fsp3) is 0.471. The Hall–Kier alpha value is -4.42. The Kier molecular flexibility index (Phi) is 11.1. The van der Waals surface area contributed by atoms with Crippen molar-refractivity contribution in [3.05, 3.63) is 71.9 Å². The first-order chi connectivity index (χ1) is 21.8. The molecule has 5 rings (SSSR count). The number of rotatable bonds is 10. The molecule has 2 aromatic carbocycles. The number of nitrogens with zero attached hydrogens (tertiary/aromatic N) is 2. The number of aliphatic hydroxyl groups is 1. The van der Waals surface area contributed by atoms with E-state index in [0.717, 1.165) is 51.7 Å². The molecule has 1 aliphatic heterocycles. The minimum absolute atomic E-state index is 0.102. The first kappa shape index (κ1) is 34.5. The Balaban J connectivity index is 0.000000315. The zero-order valence-electron chi connectivity index (χ0n) is 26.3. The molecule has 1 unspecified atom stereocenters. The van der Waals surface area contributed by atoms with Crippen LogP contribution in [0.4, 0.5) is 4.79 Å². The summed E-state index contributed by atoms with van der Waals surface area (Å²) in [6, 6.07) is 19.5. The minimum Gasteiger partial charge on any atom is -0.481 e. The average molecular weight is 637 g/mol. The third-order valence-corrected chi connectivity index (χ3v) is 9.46. The summed E-state index contributed by atoms with van der Waals surface area (Å²) in [6.45, 7) is 2.42. The van der Waals surface area contributed by atoms with Gasteiger partial charge < -0.3 is 35.6 Å². The Labute approximate surface area is 268 Å². The molecule has 2 heterocycles. The first-order valence-corrected chi connectivity index (χ1v) is 15.6. The summed E-state index contributed by atoms with van der Waals surface area (Å²) < 4.78 is 0. The highest BCUT2D eigenvalue weighted by Gasteiger charge is 2.41. The van der Waals surface area contributed by atoms with Gasteiger partial charge in [-0.3, -0.25) is 14.5 Å². The normalized spacial score (nSPS) is 21.4. The van der Waals surface area contributed by atoms with E-state index in [-0.39, 0.29) is 11.6 Å². The molecule has 1 saturated heterocycles. The second-order valence-electron chi connectivity index (χ2n) is 12.6. The van der Waals surface area contributed by atoms with Crippen LogP contribution in [0.25, 0.3) is 10.9 Å². The molecular formula is C34H44N4O8. The molecule has 3 aromatic rings. The number of aliphatic carboxylic acids is 3. The van der Waals surface area contributed by atoms with Crippen LogP contribution in [-0.4, -0.2) is 98.5 Å². The number of aromatic nitrogens is 1. The summed E-state index contributed by atoms with van der Waals surface area (Å²) in [7, 11) is 4.40. The number of benzene rings is 2. The molecule has 1 aliphatic carbocycles. The van der Waals surface area contributed by atoms with Crippen molar-refractivity contribution in [3.8, 4) is 0 Å². The van der Waals surface area contributed by atoms with Crippen molar-refractivity contribution in [2.45, 2.75) is 62.0 Å². The first-order valence-electron chi connectivity index (χ1n) is 15.6. The number of aromatic amines is 1. The zero-order valence-corrected chi connectivity index (χ0v) is 26.3. The van der Waals surface area contributed by atoms with Gasteiger partial charge in [-0.2, -0.15) is 0 Å². The van der Waals surface area contributed by atoms with Gasteiger partial charge in [0.1, 0.15) is 0 Å². The second kappa shape index (κ2) is 14.8. The number of carboxylic acid groups (broad SMARTS) is 3. The van der Waals surface area contributed by atoms with Crippen molar-refractivity contribution in [2.75, 3.05) is 33.7 Å². The number of hydrogen-bond acceptors (Lipinski definition) is 6. The van der Waals surface area contributed by atoms with Gasteiger partial charge in [-0.25, -0.2) is 9.59 Å². The maximum atomic E-state index is 12.9. The van der Waals surface area contributed by atoms with Crippen molar-refractivity contribution < 1.29 is 39.6 Å². The lowest BCUT2D eigenvalue weighted by Gasteiger charge is -2.45. The van der Waals surface area contributed by atoms with Crippen LogP contribution < -0.4 is 5.32 Å². The zero-order chi connectivity index (χ0) is 33.5. The third-order valence-electron chi connectivity index (χ3n) is 9.46. The summed E-state index contributed by atoms with van der Waals surface area (Å²) >= 11 is 0. The molecule has 0 spiro atoms. The molecule has 1 atom stereocenters. The monoisotopic (exact) mass is 636 g/mol. The number of fused-ring (bicyclic) bond motifs is 1. The molecule has 12 heteroatoms. The van der Waals surface area contributed by atoms with E-state index < -0.39 is 36.4 Å². The Morgan fingerprint density at radius 2 is 1.54 bits per heavy atom. The van der Waals surface area contributed by atoms with E-state index in [1.165, 1.54) is 22.0 Å². The number of amides is 2. The average Bonchev–Trinajstić information content (AvgIpc) is 3.68. The van der Waals surface area contributed by atoms with Crippen LogP contribution in [0.1, 0.15) is 62.0 Å². The molecule has 248 valence electrons. The predicted octanol–water partition coefficient (Wildman–Crippen LogP) is 4.07. The summed E-state index contributed by atoms with van der Waals surface area (Å²) in [6.07, 6.45) is 5.43. The van der Waals surface area contributed by atoms with Gasteiger partial charge in [0.2, 0.25) is 0 Å². The smallest absolute Gasteiger partial charge is 0.336 e. The van der Waals surface area contributed by atoms with Crippen LogP contribution >= 0.6 is 0 Å². The molecule has 2 fully saturated rings. The number of nitrogens with one attached hydrogen (secondary N) is 2. The van der Waals surface area contributed by atoms with Crippen LogP contribution in [0, 0.1) is 5.92 Å². The number of likely N-dealkylation sites (tertiary alicyclic amines) is 1. The Morgan fingerprint density at radius 3 is 2.13 bits per heavy atom. The number of carboxylic acids is 3. The fourth-order valence-corrected chi connectivity index (χ4v) is 6.79. The van der Waals surface area contributed by atoms with E-state index in [0.29, 0.717) is 11.8 Å². The van der Waals surface area contributed by atoms with Gasteiger partial charge in [0.15, 0.2) is 5.60 Å². The highest BCUT2D eigenvalue weighted by atomic mass is 16.4. The lowest BCUT2D eigenvalue weighted by atomic mass is 9.72. The van der Waals surface area contributed by atoms with Gasteiger partial charge >= 0.3 is 23.9 Å². The molecule has 1 aromatic heterocycles. The van der Waals surface area contributed by atoms with Gasteiger partial charge in [0.05, 0.1) is 12.8 Å². The highest BCUT2D eigenvalue weighted by Crippen LogP contribution is 2.43. The molecule has 12 nitrogen and oxygen atoms in total. The van der Waals surface area contributed by atoms with Gasteiger partial charge in [-0.1, -0.05) is 48.5 Å². The summed E-state index contributed by atoms with van der Waals surface area (Å²) in [5.74, 6) is -4.06. The van der Waals surface area contributed by atoms with Crippen LogP contribution in [0.2, 0.25) is 0 Å². The highest BCUT2D eigenvalue weighted by molar-refractivity contribution is 5.88. The Morgan fingerprint density at radius 1 is 0.935 bits per heavy atom. The van der Waals surface area contributed by atoms with Crippen LogP contribution in [0.15, 0.2) is 60.8 Å². The summed E-state index contributed by atoms with van der Waals surface area (Å²) in [5.41, 5.74) is 1.31. The lowest BCUT2D eigenvalue weighted by Crippen LogP contribution is -2.46. The number of carbonyl (C=O) groups excluding carboxylic acids is 1. The number of urea groups is 1. The molecule has 0 bridgehead atoms. The van der Waals surface area contributed by atoms with Gasteiger partial charge in [-0.05, 0) is 69.3 Å². The van der Waals surface area contributed by atoms with Crippen molar-refractivity contribution in [1.82, 2.24) is 20.1 Å². The van der Waals surface area contributed by atoms with Crippen molar-refractivity contribution >= 4 is 34.8 Å². The molecule has 0 radical (unpaired) electrons. The van der Waals surface area contributed by atoms with E-state index >= 15 is 0 Å². The second-order valence-corrected chi connectivity index (χ2v) is 12.6. The minimum atomic E-state index is -2.74. The third kappa shape index (κ3) is 8.04. The molecule has 6 N–H and O–H groups in total. The molecular weight excluding hydrogens is 592 g/mol. The van der Waals surface area contributed by atoms with Gasteiger partial charge in [-0.15, -0.1) is 0 Å². The lowest BCUT2D eigenvalue weighted by molar-refractivity contribution is -0.170. The number of hydrogen-bond donors (Lipinski definition) is 6. The SMILES string of the molecule is CN(C)C1(c2ccccc2)CCC(CNC(=O)N2CCC(c3c[nH]c4ccccc34)C2)CC1.O=C(O)CC(O)(CC(=O)O)C(=O)O. The van der Waals surface area contributed by atoms with E-state index in [2.05, 4.69) is 90.1 Å². The number of H-pyrrole nitrogens is 1. The van der Waals surface area contributed by atoms with E-state index in [1.54, 1.807) is 0 Å². The predicted molar refractivity (Wildman–Crippen MR) is 171 cm³/mol. The van der Waals surface area contributed by atoms with Gasteiger partial charge in [0.25, 0.3) is 0 Å². The van der Waals surface area contributed by atoms with Crippen LogP contribution in [-0.2, 0) is 19.9 Å². The molecule has 2 amide bonds. The largest absolute Gasteiger partial charge is 0.481 e. The molecule has 1 saturated carbocycles. The standard InChI is InChI=1S/C28H36N4O.C6H8O7/c1-31(2)28(23-8-4-3-5-9-23)15-12-21(13-16-28)18-30-27(33)32-17-14-22(20-32)25-19-29-26-11-7-6-10-24(25)26;7-3(8)1-6(13,5(11)12)2-4(9)10/h3-11,19,21-22,29H,12-18,20H2,1-2H3,(H,30,33);13H,1-2H2,(H,7,8)(H,9,10)(H,11,12). The van der Waals surface area contributed by atoms with Crippen LogP contribution in [0.3, 0.4) is 0 Å². The molecule has 46 heavy (non-hydrogen) atoms. The summed E-state index contributed by atoms with van der Waals surface area (Å²) in [4.78, 5) is 51.2. The van der Waals surface area contributed by atoms with Crippen LogP contribution in [0.5, 0.6) is 0 Å². The number of carbonyl (C=O) groups is 4. The van der Waals surface area contributed by atoms with Crippen molar-refractivity contribution in [1.29, 1.82) is 0 Å². The van der Waals surface area contributed by atoms with E-state index in [4.69, 9.17) is 20.4 Å². The Bertz CT molecular complexity index is 1500. The topological polar surface area (TPSA) is 183 Å². The van der Waals surface area contributed by atoms with Crippen molar-refractivity contribution in [2.24, 2.45) is 5.92 Å². The maximum absolute atomic E-state index is 12.9. The molecule has 2 aliphatic rings. The van der Waals surface area contributed by atoms with Crippen molar-refractivity contribution in [3.63, 3.8) is 0 Å². The van der Waals surface area contributed by atoms with E-state index in [1.807, 2.05) is 4.90 Å². The number of para-hydroxylation sites is 1. The summed E-state index contributed by atoms with van der Waals surface area (Å²) in [5, 5.41) is 38.4. The maximum Gasteiger partial charge on any atom is 0.336 e.